The van der Waals surface area contributed by atoms with Gasteiger partial charge in [-0.05, 0) is 13.0 Å². The molecule has 0 fully saturated rings. The third-order valence-corrected chi connectivity index (χ3v) is 3.16. The van der Waals surface area contributed by atoms with Gasteiger partial charge in [-0.15, -0.1) is 0 Å². The summed E-state index contributed by atoms with van der Waals surface area (Å²) < 4.78 is 22.1. The average molecular weight is 255 g/mol. The Morgan fingerprint density at radius 1 is 1.59 bits per heavy atom. The van der Waals surface area contributed by atoms with E-state index in [-0.39, 0.29) is 4.59 Å². The fourth-order valence-electron chi connectivity index (χ4n) is 1.89. The van der Waals surface area contributed by atoms with E-state index < -0.39 is 11.3 Å². The fraction of sp³-hybridized carbons (Fsp3) is 0.300. The molecule has 0 amide bonds. The number of aryl methyl sites for hydroxylation is 1. The van der Waals surface area contributed by atoms with Crippen molar-refractivity contribution in [2.45, 2.75) is 6.92 Å². The molecule has 1 aliphatic rings. The number of hydrogen-bond acceptors (Lipinski definition) is 3. The lowest BCUT2D eigenvalue weighted by atomic mass is 10.1. The van der Waals surface area contributed by atoms with Crippen molar-refractivity contribution in [1.29, 1.82) is 0 Å². The van der Waals surface area contributed by atoms with Crippen LogP contribution in [-0.4, -0.2) is 28.2 Å². The smallest absolute Gasteiger partial charge is 0.259 e. The Balaban J connectivity index is 2.39. The van der Waals surface area contributed by atoms with E-state index in [9.17, 15) is 4.21 Å². The van der Waals surface area contributed by atoms with E-state index in [1.54, 1.807) is 18.5 Å². The first-order valence-electron chi connectivity index (χ1n) is 5.17. The minimum absolute atomic E-state index is 0.138. The van der Waals surface area contributed by atoms with Crippen LogP contribution in [-0.2, 0) is 11.3 Å². The Labute approximate surface area is 102 Å². The van der Waals surface area contributed by atoms with Gasteiger partial charge >= 0.3 is 0 Å². The third-order valence-electron chi connectivity index (χ3n) is 2.75. The summed E-state index contributed by atoms with van der Waals surface area (Å²) in [5.74, 6) is 6.20. The predicted molar refractivity (Wildman–Crippen MR) is 69.8 cm³/mol. The topological polar surface area (TPSA) is 87.7 Å². The van der Waals surface area contributed by atoms with Gasteiger partial charge in [0.05, 0.1) is 12.2 Å². The molecule has 0 radical (unpaired) electrons. The van der Waals surface area contributed by atoms with Crippen molar-refractivity contribution in [3.05, 3.63) is 23.8 Å². The van der Waals surface area contributed by atoms with E-state index in [4.69, 9.17) is 10.4 Å². The van der Waals surface area contributed by atoms with Crippen molar-refractivity contribution in [1.82, 2.24) is 4.59 Å². The van der Waals surface area contributed by atoms with Gasteiger partial charge in [-0.3, -0.25) is 9.27 Å². The predicted octanol–water partition coefficient (Wildman–Crippen LogP) is 0.767. The molecule has 0 saturated heterocycles. The Hall–Kier alpha value is -1.28. The summed E-state index contributed by atoms with van der Waals surface area (Å²) in [6.07, 6.45) is 1.70. The van der Waals surface area contributed by atoms with E-state index in [0.717, 1.165) is 11.3 Å². The summed E-state index contributed by atoms with van der Waals surface area (Å²) in [5.41, 5.74) is 2.46. The van der Waals surface area contributed by atoms with Gasteiger partial charge in [0.15, 0.2) is 5.69 Å². The molecule has 2 unspecified atom stereocenters. The maximum absolute atomic E-state index is 10.7. The fourth-order valence-corrected chi connectivity index (χ4v) is 2.22. The molecular weight excluding hydrogens is 240 g/mol. The highest BCUT2D eigenvalue weighted by Gasteiger charge is 2.30. The van der Waals surface area contributed by atoms with Crippen LogP contribution < -0.4 is 15.2 Å². The zero-order chi connectivity index (χ0) is 12.5. The van der Waals surface area contributed by atoms with Crippen molar-refractivity contribution in [2.75, 3.05) is 17.8 Å². The first-order chi connectivity index (χ1) is 8.01. The molecule has 4 N–H and O–H groups in total. The highest BCUT2D eigenvalue weighted by atomic mass is 32.2. The average Bonchev–Trinajstić information content (AvgIpc) is 2.68. The lowest BCUT2D eigenvalue weighted by molar-refractivity contribution is 0.477. The number of benzene rings is 1. The van der Waals surface area contributed by atoms with Gasteiger partial charge in [0.2, 0.25) is 6.34 Å². The van der Waals surface area contributed by atoms with Crippen LogP contribution in [0.15, 0.2) is 23.2 Å². The molecule has 1 heterocycles. The van der Waals surface area contributed by atoms with Crippen molar-refractivity contribution in [3.63, 3.8) is 0 Å². The second-order valence-electron chi connectivity index (χ2n) is 4.03. The minimum atomic E-state index is -2.08. The lowest BCUT2D eigenvalue weighted by Gasteiger charge is -2.24. The summed E-state index contributed by atoms with van der Waals surface area (Å²) >= 11 is -2.08. The molecule has 1 aromatic carbocycles. The van der Waals surface area contributed by atoms with Crippen molar-refractivity contribution < 1.29 is 8.76 Å². The molecule has 2 atom stereocenters. The number of anilines is 1. The Bertz CT molecular complexity index is 491. The number of nitrogens with zero attached hydrogens (tertiary/aromatic N) is 2. The summed E-state index contributed by atoms with van der Waals surface area (Å²) in [6.45, 7) is 3.35. The van der Waals surface area contributed by atoms with Gasteiger partial charge < -0.3 is 0 Å². The third kappa shape index (κ3) is 2.52. The van der Waals surface area contributed by atoms with E-state index in [1.165, 1.54) is 0 Å². The molecule has 0 saturated carbocycles. The molecule has 0 spiro atoms. The van der Waals surface area contributed by atoms with Crippen LogP contribution in [0.1, 0.15) is 5.56 Å². The van der Waals surface area contributed by atoms with Crippen LogP contribution in [0.2, 0.25) is 0 Å². The van der Waals surface area contributed by atoms with Crippen LogP contribution >= 0.6 is 0 Å². The number of quaternary nitrogens is 1. The van der Waals surface area contributed by atoms with E-state index in [0.29, 0.717) is 18.8 Å². The standard InChI is InChI=1S/C10H14N4O2S/c1-8-2-3-9(13-17(15)16)6-10(8)14(11)5-4-12-7-14/h2-3,6-7,13H,4-5,11H2,1H3/p+1. The molecular formula is C10H15N4O2S+. The van der Waals surface area contributed by atoms with E-state index >= 15 is 0 Å². The van der Waals surface area contributed by atoms with Crippen molar-refractivity contribution in [2.24, 2.45) is 10.8 Å². The quantitative estimate of drug-likeness (QED) is 0.423. The Morgan fingerprint density at radius 2 is 2.35 bits per heavy atom. The first-order valence-corrected chi connectivity index (χ1v) is 6.28. The van der Waals surface area contributed by atoms with Crippen molar-refractivity contribution >= 4 is 29.0 Å². The number of aliphatic imine (C=N–C) groups is 1. The summed E-state index contributed by atoms with van der Waals surface area (Å²) in [4.78, 5) is 4.14. The maximum Gasteiger partial charge on any atom is 0.259 e. The Morgan fingerprint density at radius 3 is 2.94 bits per heavy atom. The van der Waals surface area contributed by atoms with Crippen LogP contribution in [0.3, 0.4) is 0 Å². The van der Waals surface area contributed by atoms with Crippen LogP contribution in [0.25, 0.3) is 0 Å². The summed E-state index contributed by atoms with van der Waals surface area (Å²) in [5, 5.41) is 0. The zero-order valence-corrected chi connectivity index (χ0v) is 10.3. The van der Waals surface area contributed by atoms with Crippen LogP contribution in [0.4, 0.5) is 11.4 Å². The molecule has 0 aromatic heterocycles. The normalized spacial score (nSPS) is 24.9. The Kier molecular flexibility index (Phi) is 3.25. The van der Waals surface area contributed by atoms with Crippen LogP contribution in [0, 0.1) is 6.92 Å². The van der Waals surface area contributed by atoms with Crippen LogP contribution in [0.5, 0.6) is 0 Å². The van der Waals surface area contributed by atoms with Gasteiger partial charge in [0.1, 0.15) is 6.54 Å². The van der Waals surface area contributed by atoms with Gasteiger partial charge in [-0.2, -0.15) is 10.4 Å². The molecule has 17 heavy (non-hydrogen) atoms. The molecule has 92 valence electrons. The molecule has 2 rings (SSSR count). The minimum Gasteiger partial charge on any atom is -0.289 e. The SMILES string of the molecule is Cc1ccc(NS(=O)O)cc1[N+]1(N)C=NCC1. The molecule has 0 bridgehead atoms. The summed E-state index contributed by atoms with van der Waals surface area (Å²) in [6, 6.07) is 5.39. The monoisotopic (exact) mass is 255 g/mol. The highest BCUT2D eigenvalue weighted by molar-refractivity contribution is 7.80. The van der Waals surface area contributed by atoms with Gasteiger partial charge in [-0.25, -0.2) is 9.20 Å². The summed E-state index contributed by atoms with van der Waals surface area (Å²) in [7, 11) is 0. The highest BCUT2D eigenvalue weighted by Crippen LogP contribution is 2.27. The number of hydrogen-bond donors (Lipinski definition) is 3. The van der Waals surface area contributed by atoms with Crippen molar-refractivity contribution in [3.8, 4) is 0 Å². The molecule has 7 heteroatoms. The second kappa shape index (κ2) is 4.53. The molecule has 1 aliphatic heterocycles. The number of nitrogens with two attached hydrogens (primary N) is 1. The molecule has 6 nitrogen and oxygen atoms in total. The molecule has 0 aliphatic carbocycles. The van der Waals surface area contributed by atoms with Gasteiger partial charge in [0, 0.05) is 11.6 Å². The lowest BCUT2D eigenvalue weighted by Crippen LogP contribution is -2.53. The zero-order valence-electron chi connectivity index (χ0n) is 9.46. The van der Waals surface area contributed by atoms with E-state index in [1.807, 2.05) is 13.0 Å². The maximum atomic E-state index is 10.7. The van der Waals surface area contributed by atoms with E-state index in [2.05, 4.69) is 9.71 Å². The number of rotatable bonds is 3. The second-order valence-corrected chi connectivity index (χ2v) is 4.73. The largest absolute Gasteiger partial charge is 0.289 e. The van der Waals surface area contributed by atoms with Gasteiger partial charge in [-0.1, -0.05) is 6.07 Å². The first kappa shape index (κ1) is 12.2. The molecule has 1 aromatic rings. The number of nitrogens with one attached hydrogen (secondary N) is 1. The van der Waals surface area contributed by atoms with Gasteiger partial charge in [0.25, 0.3) is 11.3 Å².